The van der Waals surface area contributed by atoms with Gasteiger partial charge >= 0.3 is 0 Å². The molecule has 1 aromatic rings. The zero-order chi connectivity index (χ0) is 13.7. The molecule has 0 aliphatic carbocycles. The molecule has 0 bridgehead atoms. The lowest BCUT2D eigenvalue weighted by molar-refractivity contribution is 0.0526. The van der Waals surface area contributed by atoms with E-state index in [1.54, 1.807) is 0 Å². The fourth-order valence-electron chi connectivity index (χ4n) is 2.56. The van der Waals surface area contributed by atoms with E-state index >= 15 is 0 Å². The molecular formula is C15H19ClN2O. The summed E-state index contributed by atoms with van der Waals surface area (Å²) < 4.78 is 5.71. The van der Waals surface area contributed by atoms with Gasteiger partial charge in [-0.3, -0.25) is 0 Å². The van der Waals surface area contributed by atoms with Crippen LogP contribution in [0.4, 0.5) is 5.69 Å². The molecule has 1 fully saturated rings. The average molecular weight is 279 g/mol. The van der Waals surface area contributed by atoms with Gasteiger partial charge < -0.3 is 9.64 Å². The lowest BCUT2D eigenvalue weighted by atomic mass is 10.0. The van der Waals surface area contributed by atoms with Gasteiger partial charge in [0.25, 0.3) is 0 Å². The largest absolute Gasteiger partial charge is 0.377 e. The first kappa shape index (κ1) is 14.2. The fraction of sp³-hybridized carbons (Fsp3) is 0.533. The number of anilines is 1. The lowest BCUT2D eigenvalue weighted by Crippen LogP contribution is -2.40. The second-order valence-corrected chi connectivity index (χ2v) is 5.03. The van der Waals surface area contributed by atoms with Gasteiger partial charge in [0.05, 0.1) is 17.4 Å². The molecule has 1 aromatic carbocycles. The summed E-state index contributed by atoms with van der Waals surface area (Å²) >= 11 is 5.82. The molecule has 1 atom stereocenters. The molecule has 0 N–H and O–H groups in total. The number of nitriles is 1. The Morgan fingerprint density at radius 3 is 3.05 bits per heavy atom. The molecule has 1 aliphatic rings. The monoisotopic (exact) mass is 278 g/mol. The smallest absolute Gasteiger partial charge is 0.101 e. The maximum Gasteiger partial charge on any atom is 0.101 e. The molecule has 19 heavy (non-hydrogen) atoms. The third-order valence-corrected chi connectivity index (χ3v) is 3.77. The Bertz CT molecular complexity index is 468. The van der Waals surface area contributed by atoms with Gasteiger partial charge in [-0.2, -0.15) is 5.26 Å². The Hall–Kier alpha value is -1.24. The van der Waals surface area contributed by atoms with Crippen LogP contribution in [0.5, 0.6) is 0 Å². The molecule has 0 saturated carbocycles. The number of alkyl halides is 1. The van der Waals surface area contributed by atoms with Gasteiger partial charge in [0, 0.05) is 25.6 Å². The van der Waals surface area contributed by atoms with Gasteiger partial charge in [0.2, 0.25) is 0 Å². The van der Waals surface area contributed by atoms with Gasteiger partial charge in [-0.1, -0.05) is 6.07 Å². The van der Waals surface area contributed by atoms with Crippen LogP contribution in [-0.2, 0) is 10.6 Å². The number of piperidine rings is 1. The fourth-order valence-corrected chi connectivity index (χ4v) is 2.73. The quantitative estimate of drug-likeness (QED) is 0.793. The third-order valence-electron chi connectivity index (χ3n) is 3.46. The molecule has 3 nitrogen and oxygen atoms in total. The Morgan fingerprint density at radius 2 is 2.37 bits per heavy atom. The van der Waals surface area contributed by atoms with Crippen molar-refractivity contribution in [3.8, 4) is 6.07 Å². The summed E-state index contributed by atoms with van der Waals surface area (Å²) in [7, 11) is 0. The summed E-state index contributed by atoms with van der Waals surface area (Å²) in [6.07, 6.45) is 2.48. The van der Waals surface area contributed by atoms with Crippen LogP contribution in [0.2, 0.25) is 0 Å². The molecule has 0 radical (unpaired) electrons. The van der Waals surface area contributed by atoms with E-state index in [4.69, 9.17) is 16.3 Å². The summed E-state index contributed by atoms with van der Waals surface area (Å²) in [5, 5.41) is 9.29. The Morgan fingerprint density at radius 1 is 1.53 bits per heavy atom. The molecule has 1 aliphatic heterocycles. The van der Waals surface area contributed by atoms with E-state index in [2.05, 4.69) is 11.0 Å². The standard InChI is InChI=1S/C15H19ClN2O/c1-2-19-14-4-3-7-18(11-14)15-6-5-12(9-16)8-13(15)10-17/h5-6,8,14H,2-4,7,9,11H2,1H3. The Labute approximate surface area is 119 Å². The Kier molecular flexibility index (Phi) is 5.07. The number of benzene rings is 1. The highest BCUT2D eigenvalue weighted by atomic mass is 35.5. The summed E-state index contributed by atoms with van der Waals surface area (Å²) in [5.41, 5.74) is 2.69. The minimum Gasteiger partial charge on any atom is -0.377 e. The van der Waals surface area contributed by atoms with Crippen molar-refractivity contribution in [2.75, 3.05) is 24.6 Å². The van der Waals surface area contributed by atoms with E-state index in [-0.39, 0.29) is 6.10 Å². The topological polar surface area (TPSA) is 36.3 Å². The normalized spacial score (nSPS) is 19.2. The average Bonchev–Trinajstić information content (AvgIpc) is 2.47. The second-order valence-electron chi connectivity index (χ2n) is 4.76. The second kappa shape index (κ2) is 6.79. The molecule has 1 unspecified atom stereocenters. The zero-order valence-electron chi connectivity index (χ0n) is 11.2. The maximum absolute atomic E-state index is 9.29. The highest BCUT2D eigenvalue weighted by molar-refractivity contribution is 6.17. The van der Waals surface area contributed by atoms with Crippen LogP contribution in [0, 0.1) is 11.3 Å². The van der Waals surface area contributed by atoms with Crippen LogP contribution in [-0.4, -0.2) is 25.8 Å². The van der Waals surface area contributed by atoms with Crippen molar-refractivity contribution in [2.24, 2.45) is 0 Å². The van der Waals surface area contributed by atoms with Gasteiger partial charge in [-0.15, -0.1) is 11.6 Å². The van der Waals surface area contributed by atoms with Crippen LogP contribution >= 0.6 is 11.6 Å². The Balaban J connectivity index is 2.19. The number of ether oxygens (including phenoxy) is 1. The lowest BCUT2D eigenvalue weighted by Gasteiger charge is -2.34. The maximum atomic E-state index is 9.29. The predicted octanol–water partition coefficient (Wildman–Crippen LogP) is 3.30. The third kappa shape index (κ3) is 3.40. The summed E-state index contributed by atoms with van der Waals surface area (Å²) in [6, 6.07) is 8.15. The number of hydrogen-bond donors (Lipinski definition) is 0. The predicted molar refractivity (Wildman–Crippen MR) is 77.6 cm³/mol. The van der Waals surface area contributed by atoms with Crippen molar-refractivity contribution in [1.82, 2.24) is 0 Å². The molecule has 0 amide bonds. The summed E-state index contributed by atoms with van der Waals surface area (Å²) in [4.78, 5) is 2.25. The van der Waals surface area contributed by atoms with Crippen LogP contribution in [0.3, 0.4) is 0 Å². The van der Waals surface area contributed by atoms with Crippen LogP contribution < -0.4 is 4.90 Å². The minimum absolute atomic E-state index is 0.276. The SMILES string of the molecule is CCOC1CCCN(c2ccc(CCl)cc2C#N)C1. The summed E-state index contributed by atoms with van der Waals surface area (Å²) in [5.74, 6) is 0.441. The van der Waals surface area contributed by atoms with Crippen LogP contribution in [0.25, 0.3) is 0 Å². The van der Waals surface area contributed by atoms with E-state index in [0.717, 1.165) is 43.8 Å². The van der Waals surface area contributed by atoms with Gasteiger partial charge in [-0.25, -0.2) is 0 Å². The number of hydrogen-bond acceptors (Lipinski definition) is 3. The van der Waals surface area contributed by atoms with E-state index in [0.29, 0.717) is 11.4 Å². The number of rotatable bonds is 4. The first-order chi connectivity index (χ1) is 9.28. The van der Waals surface area contributed by atoms with Crippen molar-refractivity contribution in [3.63, 3.8) is 0 Å². The molecule has 102 valence electrons. The number of halogens is 1. The van der Waals surface area contributed by atoms with E-state index in [1.807, 2.05) is 25.1 Å². The minimum atomic E-state index is 0.276. The van der Waals surface area contributed by atoms with Gasteiger partial charge in [0.1, 0.15) is 6.07 Å². The first-order valence-corrected chi connectivity index (χ1v) is 7.27. The first-order valence-electron chi connectivity index (χ1n) is 6.74. The highest BCUT2D eigenvalue weighted by Crippen LogP contribution is 2.26. The molecule has 4 heteroatoms. The molecule has 0 spiro atoms. The van der Waals surface area contributed by atoms with Crippen molar-refractivity contribution in [3.05, 3.63) is 29.3 Å². The van der Waals surface area contributed by atoms with Crippen molar-refractivity contribution in [1.29, 1.82) is 5.26 Å². The van der Waals surface area contributed by atoms with Crippen molar-refractivity contribution in [2.45, 2.75) is 31.7 Å². The van der Waals surface area contributed by atoms with Gasteiger partial charge in [-0.05, 0) is 37.5 Å². The zero-order valence-corrected chi connectivity index (χ0v) is 12.0. The summed E-state index contributed by atoms with van der Waals surface area (Å²) in [6.45, 7) is 4.62. The van der Waals surface area contributed by atoms with E-state index in [1.165, 1.54) is 0 Å². The van der Waals surface area contributed by atoms with Crippen molar-refractivity contribution >= 4 is 17.3 Å². The molecular weight excluding hydrogens is 260 g/mol. The van der Waals surface area contributed by atoms with Crippen LogP contribution in [0.1, 0.15) is 30.9 Å². The molecule has 1 saturated heterocycles. The van der Waals surface area contributed by atoms with Crippen LogP contribution in [0.15, 0.2) is 18.2 Å². The highest BCUT2D eigenvalue weighted by Gasteiger charge is 2.22. The molecule has 0 aromatic heterocycles. The molecule has 2 rings (SSSR count). The van der Waals surface area contributed by atoms with E-state index < -0.39 is 0 Å². The van der Waals surface area contributed by atoms with Crippen molar-refractivity contribution < 1.29 is 4.74 Å². The molecule has 1 heterocycles. The number of nitrogens with zero attached hydrogens (tertiary/aromatic N) is 2. The van der Waals surface area contributed by atoms with Gasteiger partial charge in [0.15, 0.2) is 0 Å². The van der Waals surface area contributed by atoms with E-state index in [9.17, 15) is 5.26 Å².